The highest BCUT2D eigenvalue weighted by molar-refractivity contribution is 9.10. The zero-order valence-electron chi connectivity index (χ0n) is 8.09. The molecule has 3 heteroatoms. The molecular weight excluding hydrogens is 242 g/mol. The number of rotatable bonds is 4. The van der Waals surface area contributed by atoms with Crippen LogP contribution in [-0.4, -0.2) is 6.61 Å². The lowest BCUT2D eigenvalue weighted by Crippen LogP contribution is -1.97. The standard InChI is InChI=1S/C11H12BrNO/c1-2-3-7-14-10-6-4-5-9(8-13)11(10)12/h4-6H,2-3,7H2,1H3. The average Bonchev–Trinajstić information content (AvgIpc) is 2.21. The first-order valence-corrected chi connectivity index (χ1v) is 5.40. The second-order valence-corrected chi connectivity index (χ2v) is 3.72. The Morgan fingerprint density at radius 1 is 1.50 bits per heavy atom. The van der Waals surface area contributed by atoms with Gasteiger partial charge in [-0.3, -0.25) is 0 Å². The molecule has 0 unspecified atom stereocenters. The van der Waals surface area contributed by atoms with Crippen molar-refractivity contribution < 1.29 is 4.74 Å². The van der Waals surface area contributed by atoms with E-state index in [-0.39, 0.29) is 0 Å². The van der Waals surface area contributed by atoms with E-state index in [0.717, 1.165) is 23.1 Å². The van der Waals surface area contributed by atoms with Gasteiger partial charge in [0.2, 0.25) is 0 Å². The molecule has 1 rings (SSSR count). The van der Waals surface area contributed by atoms with E-state index in [1.54, 1.807) is 6.07 Å². The molecule has 0 N–H and O–H groups in total. The lowest BCUT2D eigenvalue weighted by atomic mass is 10.2. The summed E-state index contributed by atoms with van der Waals surface area (Å²) in [5.74, 6) is 0.748. The van der Waals surface area contributed by atoms with Gasteiger partial charge in [-0.15, -0.1) is 0 Å². The van der Waals surface area contributed by atoms with Crippen LogP contribution in [0.25, 0.3) is 0 Å². The molecule has 0 aliphatic rings. The van der Waals surface area contributed by atoms with Crippen LogP contribution in [0.2, 0.25) is 0 Å². The molecule has 0 saturated carbocycles. The van der Waals surface area contributed by atoms with Gasteiger partial charge in [-0.1, -0.05) is 19.4 Å². The molecule has 0 spiro atoms. The van der Waals surface area contributed by atoms with Crippen molar-refractivity contribution in [3.05, 3.63) is 28.2 Å². The molecule has 0 fully saturated rings. The number of ether oxygens (including phenoxy) is 1. The van der Waals surface area contributed by atoms with Crippen molar-refractivity contribution in [2.75, 3.05) is 6.61 Å². The normalized spacial score (nSPS) is 9.50. The Labute approximate surface area is 92.6 Å². The van der Waals surface area contributed by atoms with Gasteiger partial charge < -0.3 is 4.74 Å². The zero-order valence-corrected chi connectivity index (χ0v) is 9.67. The number of nitriles is 1. The molecule has 0 heterocycles. The first kappa shape index (κ1) is 11.1. The van der Waals surface area contributed by atoms with Crippen LogP contribution in [-0.2, 0) is 0 Å². The second-order valence-electron chi connectivity index (χ2n) is 2.93. The molecule has 2 nitrogen and oxygen atoms in total. The number of nitrogens with zero attached hydrogens (tertiary/aromatic N) is 1. The molecule has 0 atom stereocenters. The third kappa shape index (κ3) is 2.74. The van der Waals surface area contributed by atoms with Crippen LogP contribution >= 0.6 is 15.9 Å². The monoisotopic (exact) mass is 253 g/mol. The van der Waals surface area contributed by atoms with Gasteiger partial charge in [0.05, 0.1) is 16.6 Å². The lowest BCUT2D eigenvalue weighted by molar-refractivity contribution is 0.307. The molecule has 74 valence electrons. The maximum Gasteiger partial charge on any atom is 0.134 e. The Morgan fingerprint density at radius 3 is 2.93 bits per heavy atom. The Bertz CT molecular complexity index is 344. The van der Waals surface area contributed by atoms with Gasteiger partial charge in [-0.05, 0) is 34.5 Å². The molecule has 0 saturated heterocycles. The fourth-order valence-electron chi connectivity index (χ4n) is 1.04. The van der Waals surface area contributed by atoms with Gasteiger partial charge >= 0.3 is 0 Å². The smallest absolute Gasteiger partial charge is 0.134 e. The van der Waals surface area contributed by atoms with Crippen molar-refractivity contribution >= 4 is 15.9 Å². The average molecular weight is 254 g/mol. The highest BCUT2D eigenvalue weighted by Crippen LogP contribution is 2.28. The molecule has 1 aromatic carbocycles. The first-order valence-electron chi connectivity index (χ1n) is 4.61. The van der Waals surface area contributed by atoms with Gasteiger partial charge in [0.1, 0.15) is 11.8 Å². The molecule has 0 amide bonds. The van der Waals surface area contributed by atoms with Crippen molar-refractivity contribution in [1.82, 2.24) is 0 Å². The van der Waals surface area contributed by atoms with Crippen molar-refractivity contribution in [1.29, 1.82) is 5.26 Å². The summed E-state index contributed by atoms with van der Waals surface area (Å²) >= 11 is 3.35. The summed E-state index contributed by atoms with van der Waals surface area (Å²) in [4.78, 5) is 0. The topological polar surface area (TPSA) is 33.0 Å². The minimum Gasteiger partial charge on any atom is -0.492 e. The fourth-order valence-corrected chi connectivity index (χ4v) is 1.50. The molecule has 0 radical (unpaired) electrons. The van der Waals surface area contributed by atoms with Gasteiger partial charge in [-0.25, -0.2) is 0 Å². The number of halogens is 1. The molecule has 0 aliphatic heterocycles. The van der Waals surface area contributed by atoms with Gasteiger partial charge in [0.25, 0.3) is 0 Å². The third-order valence-corrected chi connectivity index (χ3v) is 2.66. The van der Waals surface area contributed by atoms with E-state index in [1.807, 2.05) is 12.1 Å². The number of hydrogen-bond donors (Lipinski definition) is 0. The summed E-state index contributed by atoms with van der Waals surface area (Å²) in [6.07, 6.45) is 2.14. The minimum absolute atomic E-state index is 0.610. The SMILES string of the molecule is CCCCOc1cccc(C#N)c1Br. The Kier molecular flexibility index (Phi) is 4.48. The number of benzene rings is 1. The van der Waals surface area contributed by atoms with Crippen LogP contribution in [0.4, 0.5) is 0 Å². The third-order valence-electron chi connectivity index (χ3n) is 1.84. The molecule has 0 aromatic heterocycles. The number of unbranched alkanes of at least 4 members (excludes halogenated alkanes) is 1. The van der Waals surface area contributed by atoms with E-state index < -0.39 is 0 Å². The van der Waals surface area contributed by atoms with Crippen molar-refractivity contribution in [3.63, 3.8) is 0 Å². The van der Waals surface area contributed by atoms with Crippen LogP contribution in [0.3, 0.4) is 0 Å². The maximum absolute atomic E-state index is 8.78. The van der Waals surface area contributed by atoms with Crippen molar-refractivity contribution in [3.8, 4) is 11.8 Å². The van der Waals surface area contributed by atoms with E-state index in [4.69, 9.17) is 10.00 Å². The lowest BCUT2D eigenvalue weighted by Gasteiger charge is -2.07. The van der Waals surface area contributed by atoms with E-state index >= 15 is 0 Å². The predicted octanol–water partition coefficient (Wildman–Crippen LogP) is 3.50. The summed E-state index contributed by atoms with van der Waals surface area (Å²) < 4.78 is 6.27. The van der Waals surface area contributed by atoms with E-state index in [1.165, 1.54) is 0 Å². The highest BCUT2D eigenvalue weighted by Gasteiger charge is 2.05. The van der Waals surface area contributed by atoms with Gasteiger partial charge in [-0.2, -0.15) is 5.26 Å². The Hall–Kier alpha value is -1.01. The van der Waals surface area contributed by atoms with Crippen LogP contribution in [0.5, 0.6) is 5.75 Å². The van der Waals surface area contributed by atoms with Crippen molar-refractivity contribution in [2.24, 2.45) is 0 Å². The van der Waals surface area contributed by atoms with Gasteiger partial charge in [0, 0.05) is 0 Å². The molecular formula is C11H12BrNO. The van der Waals surface area contributed by atoms with E-state index in [9.17, 15) is 0 Å². The Balaban J connectivity index is 2.73. The molecule has 14 heavy (non-hydrogen) atoms. The van der Waals surface area contributed by atoms with Crippen LogP contribution in [0.15, 0.2) is 22.7 Å². The summed E-state index contributed by atoms with van der Waals surface area (Å²) in [5, 5.41) is 8.78. The summed E-state index contributed by atoms with van der Waals surface area (Å²) in [6.45, 7) is 2.81. The van der Waals surface area contributed by atoms with Gasteiger partial charge in [0.15, 0.2) is 0 Å². The number of hydrogen-bond acceptors (Lipinski definition) is 2. The quantitative estimate of drug-likeness (QED) is 0.770. The molecule has 0 aliphatic carbocycles. The summed E-state index contributed by atoms with van der Waals surface area (Å²) in [6, 6.07) is 7.55. The zero-order chi connectivity index (χ0) is 10.4. The maximum atomic E-state index is 8.78. The van der Waals surface area contributed by atoms with Crippen LogP contribution < -0.4 is 4.74 Å². The molecule has 0 bridgehead atoms. The van der Waals surface area contributed by atoms with E-state index in [0.29, 0.717) is 12.2 Å². The molecule has 1 aromatic rings. The van der Waals surface area contributed by atoms with Crippen molar-refractivity contribution in [2.45, 2.75) is 19.8 Å². The largest absolute Gasteiger partial charge is 0.492 e. The Morgan fingerprint density at radius 2 is 2.29 bits per heavy atom. The first-order chi connectivity index (χ1) is 6.79. The predicted molar refractivity (Wildman–Crippen MR) is 59.3 cm³/mol. The van der Waals surface area contributed by atoms with Crippen LogP contribution in [0, 0.1) is 11.3 Å². The fraction of sp³-hybridized carbons (Fsp3) is 0.364. The summed E-state index contributed by atoms with van der Waals surface area (Å²) in [7, 11) is 0. The minimum atomic E-state index is 0.610. The highest BCUT2D eigenvalue weighted by atomic mass is 79.9. The summed E-state index contributed by atoms with van der Waals surface area (Å²) in [5.41, 5.74) is 0.610. The van der Waals surface area contributed by atoms with E-state index in [2.05, 4.69) is 28.9 Å². The second kappa shape index (κ2) is 5.66. The van der Waals surface area contributed by atoms with Crippen LogP contribution in [0.1, 0.15) is 25.3 Å².